The Balaban J connectivity index is 1.53. The maximum absolute atomic E-state index is 12.2. The van der Waals surface area contributed by atoms with Crippen molar-refractivity contribution in [3.63, 3.8) is 0 Å². The number of nitrogens with one attached hydrogen (secondary N) is 2. The molecule has 1 heterocycles. The second kappa shape index (κ2) is 10.1. The molecule has 0 aliphatic rings. The zero-order valence-electron chi connectivity index (χ0n) is 15.6. The van der Waals surface area contributed by atoms with E-state index in [1.54, 1.807) is 36.4 Å². The summed E-state index contributed by atoms with van der Waals surface area (Å²) in [4.78, 5) is 27.0. The van der Waals surface area contributed by atoms with Gasteiger partial charge in [0.2, 0.25) is 5.91 Å². The number of aromatic amines is 1. The van der Waals surface area contributed by atoms with Gasteiger partial charge in [0.25, 0.3) is 5.56 Å². The lowest BCUT2D eigenvalue weighted by atomic mass is 10.1. The van der Waals surface area contributed by atoms with Gasteiger partial charge >= 0.3 is 0 Å². The maximum atomic E-state index is 12.2. The van der Waals surface area contributed by atoms with Crippen LogP contribution < -0.4 is 15.6 Å². The van der Waals surface area contributed by atoms with Crippen LogP contribution in [-0.2, 0) is 11.2 Å². The van der Waals surface area contributed by atoms with Crippen LogP contribution >= 0.6 is 23.4 Å². The molecule has 7 nitrogen and oxygen atoms in total. The van der Waals surface area contributed by atoms with Crippen LogP contribution in [0.3, 0.4) is 0 Å². The van der Waals surface area contributed by atoms with Gasteiger partial charge in [0.05, 0.1) is 12.4 Å². The fraction of sp³-hybridized carbons (Fsp3) is 0.200. The van der Waals surface area contributed by atoms with E-state index in [1.165, 1.54) is 0 Å². The fourth-order valence-electron chi connectivity index (χ4n) is 2.45. The van der Waals surface area contributed by atoms with Gasteiger partial charge < -0.3 is 10.1 Å². The Bertz CT molecular complexity index is 1020. The van der Waals surface area contributed by atoms with Crippen molar-refractivity contribution in [3.05, 3.63) is 75.2 Å². The summed E-state index contributed by atoms with van der Waals surface area (Å²) in [7, 11) is 0. The van der Waals surface area contributed by atoms with Crippen molar-refractivity contribution in [1.29, 1.82) is 0 Å². The highest BCUT2D eigenvalue weighted by molar-refractivity contribution is 7.99. The van der Waals surface area contributed by atoms with Gasteiger partial charge in [0, 0.05) is 17.1 Å². The molecule has 0 saturated carbocycles. The Morgan fingerprint density at radius 3 is 2.52 bits per heavy atom. The smallest absolute Gasteiger partial charge is 0.273 e. The molecule has 150 valence electrons. The molecule has 1 aromatic heterocycles. The first kappa shape index (κ1) is 20.9. The highest BCUT2D eigenvalue weighted by atomic mass is 35.5. The van der Waals surface area contributed by atoms with Gasteiger partial charge in [0.15, 0.2) is 5.16 Å². The number of nitrogens with zero attached hydrogens (tertiary/aromatic N) is 2. The summed E-state index contributed by atoms with van der Waals surface area (Å²) >= 11 is 6.97. The van der Waals surface area contributed by atoms with Crippen molar-refractivity contribution < 1.29 is 9.53 Å². The zero-order valence-corrected chi connectivity index (χ0v) is 17.2. The molecular formula is C20H19ClN4O3S. The quantitative estimate of drug-likeness (QED) is 0.530. The highest BCUT2D eigenvalue weighted by Gasteiger charge is 2.09. The molecular weight excluding hydrogens is 412 g/mol. The number of thioether (sulfide) groups is 1. The van der Waals surface area contributed by atoms with Gasteiger partial charge in [-0.05, 0) is 48.9 Å². The lowest BCUT2D eigenvalue weighted by Gasteiger charge is -2.07. The van der Waals surface area contributed by atoms with Gasteiger partial charge in [-0.3, -0.25) is 14.6 Å². The summed E-state index contributed by atoms with van der Waals surface area (Å²) in [5, 5.41) is 11.7. The number of amides is 1. The summed E-state index contributed by atoms with van der Waals surface area (Å²) < 4.78 is 5.36. The van der Waals surface area contributed by atoms with Crippen LogP contribution in [0.1, 0.15) is 18.2 Å². The van der Waals surface area contributed by atoms with E-state index in [0.29, 0.717) is 29.4 Å². The molecule has 2 aromatic carbocycles. The summed E-state index contributed by atoms with van der Waals surface area (Å²) in [5.41, 5.74) is 1.54. The standard InChI is InChI=1S/C20H19ClN4O3S/c1-2-28-16-9-7-15(8-10-16)22-18(26)12-29-20-23-19(27)17(24-25-20)11-13-3-5-14(21)6-4-13/h3-10H,2,11-12H2,1H3,(H,22,26)(H,23,25,27). The van der Waals surface area contributed by atoms with Crippen LogP contribution in [0.25, 0.3) is 0 Å². The van der Waals surface area contributed by atoms with Crippen molar-refractivity contribution in [3.8, 4) is 5.75 Å². The van der Waals surface area contributed by atoms with Crippen LogP contribution in [0.15, 0.2) is 58.5 Å². The van der Waals surface area contributed by atoms with E-state index < -0.39 is 0 Å². The average molecular weight is 431 g/mol. The van der Waals surface area contributed by atoms with Crippen molar-refractivity contribution in [2.75, 3.05) is 17.7 Å². The zero-order chi connectivity index (χ0) is 20.6. The second-order valence-electron chi connectivity index (χ2n) is 6.00. The van der Waals surface area contributed by atoms with Gasteiger partial charge in [0.1, 0.15) is 11.4 Å². The largest absolute Gasteiger partial charge is 0.494 e. The Labute approximate surface area is 176 Å². The highest BCUT2D eigenvalue weighted by Crippen LogP contribution is 2.17. The number of rotatable bonds is 8. The summed E-state index contributed by atoms with van der Waals surface area (Å²) in [6.45, 7) is 2.49. The number of carbonyl (C=O) groups excluding carboxylic acids is 1. The number of carbonyl (C=O) groups is 1. The van der Waals surface area contributed by atoms with Crippen LogP contribution in [0.2, 0.25) is 5.02 Å². The van der Waals surface area contributed by atoms with E-state index in [2.05, 4.69) is 20.5 Å². The van der Waals surface area contributed by atoms with E-state index in [9.17, 15) is 9.59 Å². The normalized spacial score (nSPS) is 10.6. The fourth-order valence-corrected chi connectivity index (χ4v) is 3.18. The minimum absolute atomic E-state index is 0.0916. The summed E-state index contributed by atoms with van der Waals surface area (Å²) in [6, 6.07) is 14.3. The summed E-state index contributed by atoms with van der Waals surface area (Å²) in [6.07, 6.45) is 0.350. The monoisotopic (exact) mass is 430 g/mol. The predicted molar refractivity (Wildman–Crippen MR) is 114 cm³/mol. The molecule has 9 heteroatoms. The minimum Gasteiger partial charge on any atom is -0.494 e. The topological polar surface area (TPSA) is 97.0 Å². The first-order valence-electron chi connectivity index (χ1n) is 8.89. The van der Waals surface area contributed by atoms with Crippen LogP contribution in [-0.4, -0.2) is 33.4 Å². The number of benzene rings is 2. The molecule has 0 unspecified atom stereocenters. The molecule has 0 fully saturated rings. The number of halogens is 1. The molecule has 1 amide bonds. The van der Waals surface area contributed by atoms with Gasteiger partial charge in [-0.2, -0.15) is 0 Å². The molecule has 29 heavy (non-hydrogen) atoms. The Hall–Kier alpha value is -2.84. The first-order valence-corrected chi connectivity index (χ1v) is 10.3. The van der Waals surface area contributed by atoms with Crippen LogP contribution in [0.5, 0.6) is 5.75 Å². The Morgan fingerprint density at radius 1 is 1.14 bits per heavy atom. The van der Waals surface area contributed by atoms with Gasteiger partial charge in [-0.1, -0.05) is 35.5 Å². The Kier molecular flexibility index (Phi) is 7.26. The molecule has 0 radical (unpaired) electrons. The van der Waals surface area contributed by atoms with E-state index in [4.69, 9.17) is 16.3 Å². The molecule has 0 saturated heterocycles. The lowest BCUT2D eigenvalue weighted by molar-refractivity contribution is -0.113. The molecule has 0 aliphatic heterocycles. The van der Waals surface area contributed by atoms with E-state index >= 15 is 0 Å². The first-order chi connectivity index (χ1) is 14.0. The molecule has 0 bridgehead atoms. The van der Waals surface area contributed by atoms with Gasteiger partial charge in [-0.25, -0.2) is 0 Å². The van der Waals surface area contributed by atoms with Crippen molar-refractivity contribution >= 4 is 35.0 Å². The third-order valence-electron chi connectivity index (χ3n) is 3.82. The predicted octanol–water partition coefficient (Wildman–Crippen LogP) is 3.54. The molecule has 0 spiro atoms. The van der Waals surface area contributed by atoms with Crippen LogP contribution in [0, 0.1) is 0 Å². The average Bonchev–Trinajstić information content (AvgIpc) is 2.71. The third-order valence-corrected chi connectivity index (χ3v) is 4.93. The maximum Gasteiger partial charge on any atom is 0.273 e. The van der Waals surface area contributed by atoms with Crippen molar-refractivity contribution in [1.82, 2.24) is 15.2 Å². The van der Waals surface area contributed by atoms with E-state index in [0.717, 1.165) is 23.1 Å². The number of ether oxygens (including phenoxy) is 1. The van der Waals surface area contributed by atoms with Gasteiger partial charge in [-0.15, -0.1) is 10.2 Å². The second-order valence-corrected chi connectivity index (χ2v) is 7.40. The van der Waals surface area contributed by atoms with Crippen molar-refractivity contribution in [2.45, 2.75) is 18.5 Å². The molecule has 0 atom stereocenters. The molecule has 3 aromatic rings. The molecule has 0 aliphatic carbocycles. The minimum atomic E-state index is -0.329. The third kappa shape index (κ3) is 6.33. The summed E-state index contributed by atoms with van der Waals surface area (Å²) in [5.74, 6) is 0.618. The van der Waals surface area contributed by atoms with E-state index in [-0.39, 0.29) is 22.4 Å². The number of H-pyrrole nitrogens is 1. The molecule has 2 N–H and O–H groups in total. The number of anilines is 1. The molecule has 3 rings (SSSR count). The lowest BCUT2D eigenvalue weighted by Crippen LogP contribution is -2.19. The SMILES string of the molecule is CCOc1ccc(NC(=O)CSc2nnc(Cc3ccc(Cl)cc3)c(=O)[nH]2)cc1. The van der Waals surface area contributed by atoms with Crippen molar-refractivity contribution in [2.24, 2.45) is 0 Å². The number of hydrogen-bond acceptors (Lipinski definition) is 6. The Morgan fingerprint density at radius 2 is 1.86 bits per heavy atom. The van der Waals surface area contributed by atoms with Crippen LogP contribution in [0.4, 0.5) is 5.69 Å². The number of aromatic nitrogens is 3. The number of hydrogen-bond donors (Lipinski definition) is 2. The van der Waals surface area contributed by atoms with E-state index in [1.807, 2.05) is 19.1 Å².